The van der Waals surface area contributed by atoms with E-state index < -0.39 is 30.7 Å². The predicted molar refractivity (Wildman–Crippen MR) is 76.9 cm³/mol. The number of aryl methyl sites for hydroxylation is 2. The van der Waals surface area contributed by atoms with E-state index in [0.29, 0.717) is 11.5 Å². The highest BCUT2D eigenvalue weighted by Crippen LogP contribution is 2.14. The van der Waals surface area contributed by atoms with Crippen molar-refractivity contribution in [1.82, 2.24) is 15.8 Å². The second-order valence-corrected chi connectivity index (χ2v) is 6.12. The molecule has 0 saturated carbocycles. The number of rotatable bonds is 6. The Kier molecular flexibility index (Phi) is 5.87. The summed E-state index contributed by atoms with van der Waals surface area (Å²) in [4.78, 5) is 11.3. The standard InChI is InChI=1S/C14H23F2N3O3/c1-9-11(10(2)22-19-9)6-17-7-14(15,16)8-18-12(20)21-13(3,4)5/h17H,6-8H2,1-5H3,(H,18,20). The van der Waals surface area contributed by atoms with Crippen LogP contribution in [0.3, 0.4) is 0 Å². The van der Waals surface area contributed by atoms with Crippen LogP contribution < -0.4 is 10.6 Å². The number of aromatic nitrogens is 1. The van der Waals surface area contributed by atoms with Gasteiger partial charge in [-0.1, -0.05) is 5.16 Å². The Morgan fingerprint density at radius 2 is 1.91 bits per heavy atom. The van der Waals surface area contributed by atoms with Gasteiger partial charge in [0, 0.05) is 12.1 Å². The number of ether oxygens (including phenoxy) is 1. The van der Waals surface area contributed by atoms with Crippen LogP contribution in [0.1, 0.15) is 37.8 Å². The molecule has 0 aliphatic heterocycles. The molecule has 0 fully saturated rings. The second kappa shape index (κ2) is 7.04. The molecule has 0 aromatic carbocycles. The maximum Gasteiger partial charge on any atom is 0.407 e. The number of carbonyl (C=O) groups excluding carboxylic acids is 1. The lowest BCUT2D eigenvalue weighted by molar-refractivity contribution is -0.00379. The molecule has 126 valence electrons. The summed E-state index contributed by atoms with van der Waals surface area (Å²) in [6.45, 7) is 7.31. The molecule has 0 spiro atoms. The topological polar surface area (TPSA) is 76.4 Å². The van der Waals surface area contributed by atoms with Gasteiger partial charge in [0.1, 0.15) is 11.4 Å². The summed E-state index contributed by atoms with van der Waals surface area (Å²) in [6.07, 6.45) is -0.863. The Morgan fingerprint density at radius 1 is 1.27 bits per heavy atom. The van der Waals surface area contributed by atoms with E-state index in [0.717, 1.165) is 5.56 Å². The minimum absolute atomic E-state index is 0.225. The summed E-state index contributed by atoms with van der Waals surface area (Å²) in [5.74, 6) is -2.49. The first-order valence-electron chi connectivity index (χ1n) is 6.97. The maximum atomic E-state index is 13.7. The Bertz CT molecular complexity index is 490. The Hall–Kier alpha value is -1.70. The van der Waals surface area contributed by atoms with Gasteiger partial charge in [-0.2, -0.15) is 0 Å². The molecule has 1 heterocycles. The van der Waals surface area contributed by atoms with E-state index in [4.69, 9.17) is 9.26 Å². The zero-order chi connectivity index (χ0) is 17.0. The van der Waals surface area contributed by atoms with E-state index in [1.807, 2.05) is 0 Å². The zero-order valence-electron chi connectivity index (χ0n) is 13.5. The molecule has 0 bridgehead atoms. The largest absolute Gasteiger partial charge is 0.444 e. The van der Waals surface area contributed by atoms with Gasteiger partial charge in [-0.05, 0) is 34.6 Å². The third kappa shape index (κ3) is 6.38. The maximum absolute atomic E-state index is 13.7. The quantitative estimate of drug-likeness (QED) is 0.842. The van der Waals surface area contributed by atoms with Gasteiger partial charge in [-0.15, -0.1) is 0 Å². The predicted octanol–water partition coefficient (Wildman–Crippen LogP) is 2.54. The van der Waals surface area contributed by atoms with Crippen LogP contribution in [0.4, 0.5) is 13.6 Å². The number of amides is 1. The summed E-state index contributed by atoms with van der Waals surface area (Å²) >= 11 is 0. The van der Waals surface area contributed by atoms with Gasteiger partial charge in [0.25, 0.3) is 5.92 Å². The first-order chi connectivity index (χ1) is 10.0. The lowest BCUT2D eigenvalue weighted by atomic mass is 10.2. The van der Waals surface area contributed by atoms with Crippen LogP contribution in [0.25, 0.3) is 0 Å². The lowest BCUT2D eigenvalue weighted by Crippen LogP contribution is -2.44. The summed E-state index contributed by atoms with van der Waals surface area (Å²) < 4.78 is 37.2. The van der Waals surface area contributed by atoms with Crippen LogP contribution in [0.5, 0.6) is 0 Å². The first-order valence-corrected chi connectivity index (χ1v) is 6.97. The van der Waals surface area contributed by atoms with Crippen molar-refractivity contribution < 1.29 is 22.8 Å². The molecule has 0 radical (unpaired) electrons. The van der Waals surface area contributed by atoms with E-state index in [2.05, 4.69) is 15.8 Å². The number of carbonyl (C=O) groups is 1. The van der Waals surface area contributed by atoms with Crippen LogP contribution in [0, 0.1) is 13.8 Å². The van der Waals surface area contributed by atoms with E-state index in [9.17, 15) is 13.6 Å². The molecular weight excluding hydrogens is 296 g/mol. The van der Waals surface area contributed by atoms with Gasteiger partial charge >= 0.3 is 6.09 Å². The van der Waals surface area contributed by atoms with Crippen LogP contribution in [-0.4, -0.2) is 35.9 Å². The lowest BCUT2D eigenvalue weighted by Gasteiger charge is -2.22. The number of nitrogens with zero attached hydrogens (tertiary/aromatic N) is 1. The monoisotopic (exact) mass is 319 g/mol. The van der Waals surface area contributed by atoms with Gasteiger partial charge in [0.2, 0.25) is 0 Å². The third-order valence-corrected chi connectivity index (χ3v) is 2.76. The molecular formula is C14H23F2N3O3. The van der Waals surface area contributed by atoms with E-state index in [1.54, 1.807) is 34.6 Å². The molecule has 1 aromatic heterocycles. The average molecular weight is 319 g/mol. The van der Waals surface area contributed by atoms with Crippen molar-refractivity contribution in [2.24, 2.45) is 0 Å². The minimum Gasteiger partial charge on any atom is -0.444 e. The molecule has 8 heteroatoms. The van der Waals surface area contributed by atoms with Crippen molar-refractivity contribution >= 4 is 6.09 Å². The smallest absolute Gasteiger partial charge is 0.407 e. The number of alkyl halides is 2. The molecule has 1 aromatic rings. The molecule has 0 atom stereocenters. The zero-order valence-corrected chi connectivity index (χ0v) is 13.5. The van der Waals surface area contributed by atoms with Gasteiger partial charge in [0.05, 0.1) is 18.8 Å². The van der Waals surface area contributed by atoms with Crippen LogP contribution in [0.2, 0.25) is 0 Å². The summed E-state index contributed by atoms with van der Waals surface area (Å²) in [6, 6.07) is 0. The summed E-state index contributed by atoms with van der Waals surface area (Å²) in [5, 5.41) is 8.45. The van der Waals surface area contributed by atoms with Gasteiger partial charge in [-0.3, -0.25) is 0 Å². The van der Waals surface area contributed by atoms with Crippen molar-refractivity contribution in [3.8, 4) is 0 Å². The number of nitrogens with one attached hydrogen (secondary N) is 2. The van der Waals surface area contributed by atoms with Crippen molar-refractivity contribution in [3.05, 3.63) is 17.0 Å². The van der Waals surface area contributed by atoms with Crippen molar-refractivity contribution in [3.63, 3.8) is 0 Å². The molecule has 6 nitrogen and oxygen atoms in total. The van der Waals surface area contributed by atoms with Gasteiger partial charge < -0.3 is 19.9 Å². The van der Waals surface area contributed by atoms with Crippen molar-refractivity contribution in [2.75, 3.05) is 13.1 Å². The highest BCUT2D eigenvalue weighted by Gasteiger charge is 2.30. The number of halogens is 2. The molecule has 1 rings (SSSR count). The normalized spacial score (nSPS) is 12.3. The third-order valence-electron chi connectivity index (χ3n) is 2.76. The highest BCUT2D eigenvalue weighted by molar-refractivity contribution is 5.67. The molecule has 22 heavy (non-hydrogen) atoms. The fourth-order valence-electron chi connectivity index (χ4n) is 1.70. The molecule has 0 aliphatic rings. The van der Waals surface area contributed by atoms with E-state index >= 15 is 0 Å². The molecule has 0 saturated heterocycles. The SMILES string of the molecule is Cc1noc(C)c1CNCC(F)(F)CNC(=O)OC(C)(C)C. The first kappa shape index (κ1) is 18.3. The summed E-state index contributed by atoms with van der Waals surface area (Å²) in [7, 11) is 0. The molecule has 2 N–H and O–H groups in total. The van der Waals surface area contributed by atoms with Gasteiger partial charge in [0.15, 0.2) is 0 Å². The van der Waals surface area contributed by atoms with E-state index in [1.165, 1.54) is 0 Å². The van der Waals surface area contributed by atoms with Crippen molar-refractivity contribution in [2.45, 2.75) is 52.7 Å². The Balaban J connectivity index is 2.36. The molecule has 1 amide bonds. The number of hydrogen-bond donors (Lipinski definition) is 2. The number of alkyl carbamates (subject to hydrolysis) is 1. The fourth-order valence-corrected chi connectivity index (χ4v) is 1.70. The Morgan fingerprint density at radius 3 is 2.41 bits per heavy atom. The highest BCUT2D eigenvalue weighted by atomic mass is 19.3. The Labute approximate surface area is 128 Å². The van der Waals surface area contributed by atoms with Gasteiger partial charge in [-0.25, -0.2) is 13.6 Å². The fraction of sp³-hybridized carbons (Fsp3) is 0.714. The number of hydrogen-bond acceptors (Lipinski definition) is 5. The van der Waals surface area contributed by atoms with Crippen LogP contribution in [-0.2, 0) is 11.3 Å². The van der Waals surface area contributed by atoms with Crippen LogP contribution >= 0.6 is 0 Å². The van der Waals surface area contributed by atoms with Crippen molar-refractivity contribution in [1.29, 1.82) is 0 Å². The van der Waals surface area contributed by atoms with E-state index in [-0.39, 0.29) is 6.54 Å². The minimum atomic E-state index is -3.09. The average Bonchev–Trinajstić information content (AvgIpc) is 2.66. The van der Waals surface area contributed by atoms with Crippen LogP contribution in [0.15, 0.2) is 4.52 Å². The molecule has 0 unspecified atom stereocenters. The summed E-state index contributed by atoms with van der Waals surface area (Å²) in [5.41, 5.74) is 0.706. The molecule has 0 aliphatic carbocycles. The second-order valence-electron chi connectivity index (χ2n) is 6.12.